The summed E-state index contributed by atoms with van der Waals surface area (Å²) in [4.78, 5) is 2.38. The van der Waals surface area contributed by atoms with E-state index in [9.17, 15) is 0 Å². The number of nitrogens with zero attached hydrogens (tertiary/aromatic N) is 1. The molecule has 632 valence electrons. The Morgan fingerprint density at radius 3 is 0.977 bits per heavy atom. The molecular weight excluding hydrogens is 1680 g/mol. The van der Waals surface area contributed by atoms with Crippen LogP contribution in [0.5, 0.6) is 0 Å². The Balaban J connectivity index is 0.000000123. The van der Waals surface area contributed by atoms with Crippen molar-refractivity contribution in [2.75, 3.05) is 10.2 Å². The first-order valence-corrected chi connectivity index (χ1v) is 46.8. The van der Waals surface area contributed by atoms with E-state index in [1.54, 1.807) is 0 Å². The molecule has 133 heavy (non-hydrogen) atoms. The zero-order chi connectivity index (χ0) is 89.1. The number of rotatable bonds is 11. The third-order valence-corrected chi connectivity index (χ3v) is 29.3. The maximum atomic E-state index is 7.41. The second kappa shape index (κ2) is 32.3. The maximum absolute atomic E-state index is 7.41. The summed E-state index contributed by atoms with van der Waals surface area (Å²) in [7, 11) is 0. The number of halogens is 1. The summed E-state index contributed by atoms with van der Waals surface area (Å²) in [5, 5.41) is 7.98. The molecule has 1 N–H and O–H groups in total. The van der Waals surface area contributed by atoms with Crippen molar-refractivity contribution in [2.45, 2.75) is 49.4 Å². The molecule has 5 heteroatoms. The Kier molecular flexibility index (Phi) is 19.5. The average Bonchev–Trinajstić information content (AvgIpc) is 1.55. The molecule has 0 saturated carbocycles. The van der Waals surface area contributed by atoms with Gasteiger partial charge in [-0.2, -0.15) is 0 Å². The molecule has 2 spiro atoms. The SMILES string of the molecule is CC1(C)c2ccccc2C2(c3ccccc3-c3c(-c4cccc5c4oc4c(Br)cccc45)cccc32)c2ccccc21.CC1(C)c2ccccc2C2(c3ccccc3-c3c(-c4cccc5c4oc4c(N(c6ccc(-c7ccccc7)cc6)c6ccccc6-c6ccccc6)cccc45)cccc32)c2ccccc21.c1ccc(-c2ccc(Nc3ccccc3-c3ccccc3)cc2)cc1. The van der Waals surface area contributed by atoms with E-state index in [4.69, 9.17) is 8.83 Å². The van der Waals surface area contributed by atoms with Gasteiger partial charge in [0.1, 0.15) is 16.7 Å². The number of hydrogen-bond acceptors (Lipinski definition) is 4. The summed E-state index contributed by atoms with van der Waals surface area (Å²) in [6, 6.07) is 171. The highest BCUT2D eigenvalue weighted by Gasteiger charge is 2.56. The zero-order valence-corrected chi connectivity index (χ0v) is 75.8. The van der Waals surface area contributed by atoms with Crippen LogP contribution in [0.3, 0.4) is 0 Å². The van der Waals surface area contributed by atoms with Crippen LogP contribution in [0, 0.1) is 0 Å². The summed E-state index contributed by atoms with van der Waals surface area (Å²) >= 11 is 3.72. The van der Waals surface area contributed by atoms with Crippen molar-refractivity contribution < 1.29 is 8.83 Å². The van der Waals surface area contributed by atoms with Gasteiger partial charge in [-0.15, -0.1) is 0 Å². The third-order valence-electron chi connectivity index (χ3n) is 28.7. The molecule has 4 aliphatic carbocycles. The first-order valence-electron chi connectivity index (χ1n) is 46.0. The number of fused-ring (bicyclic) bond motifs is 24. The molecule has 0 saturated heterocycles. The van der Waals surface area contributed by atoms with Crippen LogP contribution in [-0.2, 0) is 21.7 Å². The monoisotopic (exact) mass is 1770 g/mol. The molecule has 4 aliphatic rings. The second-order valence-corrected chi connectivity index (χ2v) is 37.3. The quantitative estimate of drug-likeness (QED) is 0.140. The molecular formula is C128H91BrN2O2. The molecule has 0 bridgehead atoms. The van der Waals surface area contributed by atoms with Crippen molar-refractivity contribution in [3.8, 4) is 89.0 Å². The fourth-order valence-electron chi connectivity index (χ4n) is 22.8. The van der Waals surface area contributed by atoms with E-state index in [1.165, 1.54) is 134 Å². The molecule has 0 amide bonds. The lowest BCUT2D eigenvalue weighted by molar-refractivity contribution is 0.563. The second-order valence-electron chi connectivity index (χ2n) is 36.4. The fraction of sp³-hybridized carbons (Fsp3) is 0.0625. The lowest BCUT2D eigenvalue weighted by Gasteiger charge is -2.46. The maximum Gasteiger partial charge on any atom is 0.159 e. The lowest BCUT2D eigenvalue weighted by Crippen LogP contribution is -2.40. The number of benzene rings is 20. The summed E-state index contributed by atoms with van der Waals surface area (Å²) < 4.78 is 15.0. The van der Waals surface area contributed by atoms with E-state index < -0.39 is 10.8 Å². The first-order chi connectivity index (χ1) is 65.5. The van der Waals surface area contributed by atoms with Gasteiger partial charge in [-0.25, -0.2) is 0 Å². The van der Waals surface area contributed by atoms with Crippen LogP contribution in [-0.4, -0.2) is 0 Å². The van der Waals surface area contributed by atoms with E-state index in [1.807, 2.05) is 18.2 Å². The van der Waals surface area contributed by atoms with Gasteiger partial charge in [0.15, 0.2) is 5.58 Å². The largest absolute Gasteiger partial charge is 0.454 e. The molecule has 0 atom stereocenters. The summed E-state index contributed by atoms with van der Waals surface area (Å²) in [6.07, 6.45) is 0. The minimum absolute atomic E-state index is 0.110. The molecule has 20 aromatic carbocycles. The van der Waals surface area contributed by atoms with Gasteiger partial charge in [0.2, 0.25) is 0 Å². The molecule has 0 aliphatic heterocycles. The Hall–Kier alpha value is -15.9. The molecule has 4 nitrogen and oxygen atoms in total. The summed E-state index contributed by atoms with van der Waals surface area (Å²) in [5.74, 6) is 0. The van der Waals surface area contributed by atoms with Crippen LogP contribution in [0.1, 0.15) is 94.5 Å². The van der Waals surface area contributed by atoms with Crippen LogP contribution in [0.25, 0.3) is 133 Å². The summed E-state index contributed by atoms with van der Waals surface area (Å²) in [5.41, 5.74) is 43.2. The molecule has 0 fully saturated rings. The van der Waals surface area contributed by atoms with Crippen molar-refractivity contribution in [1.29, 1.82) is 0 Å². The van der Waals surface area contributed by atoms with Crippen LogP contribution < -0.4 is 10.2 Å². The van der Waals surface area contributed by atoms with Crippen LogP contribution in [0.15, 0.2) is 486 Å². The van der Waals surface area contributed by atoms with E-state index in [-0.39, 0.29) is 10.8 Å². The van der Waals surface area contributed by atoms with Gasteiger partial charge < -0.3 is 19.1 Å². The zero-order valence-electron chi connectivity index (χ0n) is 74.2. The number of para-hydroxylation sites is 6. The number of anilines is 5. The Morgan fingerprint density at radius 2 is 0.511 bits per heavy atom. The Bertz CT molecular complexity index is 8190. The van der Waals surface area contributed by atoms with Gasteiger partial charge in [0.05, 0.1) is 26.7 Å². The van der Waals surface area contributed by atoms with Crippen LogP contribution >= 0.6 is 15.9 Å². The van der Waals surface area contributed by atoms with E-state index in [0.717, 1.165) is 99.0 Å². The molecule has 0 unspecified atom stereocenters. The number of hydrogen-bond donors (Lipinski definition) is 1. The minimum Gasteiger partial charge on any atom is -0.454 e. The molecule has 2 aromatic heterocycles. The number of furan rings is 2. The van der Waals surface area contributed by atoms with Gasteiger partial charge in [0, 0.05) is 71.7 Å². The van der Waals surface area contributed by atoms with E-state index in [2.05, 4.69) is 509 Å². The topological polar surface area (TPSA) is 41.6 Å². The van der Waals surface area contributed by atoms with Crippen LogP contribution in [0.2, 0.25) is 0 Å². The highest BCUT2D eigenvalue weighted by Crippen LogP contribution is 2.66. The predicted molar refractivity (Wildman–Crippen MR) is 557 cm³/mol. The highest BCUT2D eigenvalue weighted by molar-refractivity contribution is 9.10. The van der Waals surface area contributed by atoms with Gasteiger partial charge in [-0.05, 0) is 198 Å². The van der Waals surface area contributed by atoms with Gasteiger partial charge in [0.25, 0.3) is 0 Å². The van der Waals surface area contributed by atoms with E-state index in [0.29, 0.717) is 0 Å². The van der Waals surface area contributed by atoms with Crippen LogP contribution in [0.4, 0.5) is 28.4 Å². The minimum atomic E-state index is -0.484. The Labute approximate surface area is 784 Å². The standard InChI is InChI=1S/C64H45NO.C40H27BrO.C24H19N/c1-63(2)53-31-12-14-33-55(53)64(56-34-15-13-32-54(56)63)52-30-11-9-25-51(52)60-47(26-18-35-57(60)64)48-27-17-28-49-50-29-19-37-59(62(50)66-61(48)49)65(45-40-38-43(39-41-45)42-20-5-3-6-21-42)58-36-16-10-24-46(58)44-22-7-4-8-23-44;1-39(2)30-18-5-7-20-32(30)40(33-21-8-6-19-31(33)39)29-17-4-3-12-28(29)36-24(13-10-22-34(36)40)25-14-9-15-26-27-16-11-23-35(41)38(27)42-37(25)26;1-3-9-19(10-4-1)20-15-17-22(18-16-20)25-24-14-8-7-13-23(24)21-11-5-2-6-12-21/h3-41H,1-2H3;3-23H,1-2H3;1-18,25H. The predicted octanol–water partition coefficient (Wildman–Crippen LogP) is 34.8. The smallest absolute Gasteiger partial charge is 0.159 e. The van der Waals surface area contributed by atoms with Crippen molar-refractivity contribution in [1.82, 2.24) is 0 Å². The summed E-state index contributed by atoms with van der Waals surface area (Å²) in [6.45, 7) is 9.51. The normalized spacial score (nSPS) is 13.7. The fourth-order valence-corrected chi connectivity index (χ4v) is 23.3. The number of nitrogens with one attached hydrogen (secondary N) is 1. The van der Waals surface area contributed by atoms with Gasteiger partial charge in [-0.1, -0.05) is 452 Å². The Morgan fingerprint density at radius 1 is 0.211 bits per heavy atom. The van der Waals surface area contributed by atoms with Crippen molar-refractivity contribution >= 4 is 88.2 Å². The first kappa shape index (κ1) is 80.4. The van der Waals surface area contributed by atoms with E-state index >= 15 is 0 Å². The molecule has 0 radical (unpaired) electrons. The molecule has 22 aromatic rings. The van der Waals surface area contributed by atoms with Gasteiger partial charge >= 0.3 is 0 Å². The van der Waals surface area contributed by atoms with Crippen molar-refractivity contribution in [3.05, 3.63) is 544 Å². The molecule has 2 heterocycles. The average molecular weight is 1770 g/mol. The highest BCUT2D eigenvalue weighted by atomic mass is 79.9. The van der Waals surface area contributed by atoms with Crippen molar-refractivity contribution in [2.24, 2.45) is 0 Å². The van der Waals surface area contributed by atoms with Gasteiger partial charge in [-0.3, -0.25) is 0 Å². The molecule has 26 rings (SSSR count). The third kappa shape index (κ3) is 12.8. The van der Waals surface area contributed by atoms with Crippen molar-refractivity contribution in [3.63, 3.8) is 0 Å². The lowest BCUT2D eigenvalue weighted by atomic mass is 9.55.